The molecule has 2 N–H and O–H groups in total. The van der Waals surface area contributed by atoms with Gasteiger partial charge in [0.2, 0.25) is 5.95 Å². The number of hydrogen-bond acceptors (Lipinski definition) is 5. The van der Waals surface area contributed by atoms with Crippen LogP contribution in [-0.4, -0.2) is 33.3 Å². The number of anilines is 1. The van der Waals surface area contributed by atoms with Gasteiger partial charge in [-0.25, -0.2) is 9.97 Å². The second-order valence-electron chi connectivity index (χ2n) is 4.76. The molecule has 0 radical (unpaired) electrons. The molecule has 16 heavy (non-hydrogen) atoms. The summed E-state index contributed by atoms with van der Waals surface area (Å²) in [7, 11) is 1.56. The van der Waals surface area contributed by atoms with E-state index in [1.54, 1.807) is 33.4 Å². The van der Waals surface area contributed by atoms with Crippen LogP contribution in [0.25, 0.3) is 0 Å². The minimum atomic E-state index is -0.879. The van der Waals surface area contributed by atoms with Gasteiger partial charge in [-0.2, -0.15) is 0 Å². The van der Waals surface area contributed by atoms with Crippen LogP contribution < -0.4 is 10.1 Å². The SMILES string of the molecule is COc1cnc(NC(C)(C)C(C)(C)O)nc1. The van der Waals surface area contributed by atoms with Crippen molar-refractivity contribution in [2.45, 2.75) is 38.8 Å². The second kappa shape index (κ2) is 4.25. The van der Waals surface area contributed by atoms with Crippen molar-refractivity contribution in [1.82, 2.24) is 9.97 Å². The van der Waals surface area contributed by atoms with Crippen molar-refractivity contribution in [3.05, 3.63) is 12.4 Å². The van der Waals surface area contributed by atoms with E-state index in [9.17, 15) is 5.11 Å². The van der Waals surface area contributed by atoms with Crippen LogP contribution in [0.5, 0.6) is 5.75 Å². The predicted octanol–water partition coefficient (Wildman–Crippen LogP) is 1.45. The zero-order valence-electron chi connectivity index (χ0n) is 10.4. The van der Waals surface area contributed by atoms with E-state index in [0.29, 0.717) is 11.7 Å². The van der Waals surface area contributed by atoms with Gasteiger partial charge in [0, 0.05) is 0 Å². The summed E-state index contributed by atoms with van der Waals surface area (Å²) in [5.41, 5.74) is -1.40. The third kappa shape index (κ3) is 2.82. The lowest BCUT2D eigenvalue weighted by Gasteiger charge is -2.37. The summed E-state index contributed by atoms with van der Waals surface area (Å²) >= 11 is 0. The molecule has 1 rings (SSSR count). The highest BCUT2D eigenvalue weighted by Gasteiger charge is 2.35. The summed E-state index contributed by atoms with van der Waals surface area (Å²) < 4.78 is 4.96. The maximum Gasteiger partial charge on any atom is 0.223 e. The van der Waals surface area contributed by atoms with Crippen molar-refractivity contribution in [2.75, 3.05) is 12.4 Å². The molecule has 0 saturated heterocycles. The number of nitrogens with zero attached hydrogens (tertiary/aromatic N) is 2. The van der Waals surface area contributed by atoms with Crippen LogP contribution >= 0.6 is 0 Å². The highest BCUT2D eigenvalue weighted by atomic mass is 16.5. The fourth-order valence-electron chi connectivity index (χ4n) is 0.919. The van der Waals surface area contributed by atoms with Crippen LogP contribution in [0.2, 0.25) is 0 Å². The van der Waals surface area contributed by atoms with Crippen molar-refractivity contribution in [1.29, 1.82) is 0 Å². The van der Waals surface area contributed by atoms with E-state index in [2.05, 4.69) is 15.3 Å². The molecule has 0 spiro atoms. The number of nitrogens with one attached hydrogen (secondary N) is 1. The number of hydrogen-bond donors (Lipinski definition) is 2. The second-order valence-corrected chi connectivity index (χ2v) is 4.76. The van der Waals surface area contributed by atoms with Gasteiger partial charge in [0.05, 0.1) is 30.6 Å². The Bertz CT molecular complexity index is 341. The predicted molar refractivity (Wildman–Crippen MR) is 62.6 cm³/mol. The summed E-state index contributed by atoms with van der Waals surface area (Å²) in [5, 5.41) is 13.0. The molecule has 0 bridgehead atoms. The van der Waals surface area contributed by atoms with E-state index in [1.165, 1.54) is 0 Å². The van der Waals surface area contributed by atoms with E-state index in [0.717, 1.165) is 0 Å². The van der Waals surface area contributed by atoms with Crippen molar-refractivity contribution >= 4 is 5.95 Å². The number of ether oxygens (including phenoxy) is 1. The van der Waals surface area contributed by atoms with Crippen molar-refractivity contribution in [3.63, 3.8) is 0 Å². The smallest absolute Gasteiger partial charge is 0.223 e. The highest BCUT2D eigenvalue weighted by molar-refractivity contribution is 5.31. The highest BCUT2D eigenvalue weighted by Crippen LogP contribution is 2.24. The van der Waals surface area contributed by atoms with E-state index >= 15 is 0 Å². The van der Waals surface area contributed by atoms with Gasteiger partial charge in [0.1, 0.15) is 0 Å². The molecule has 0 saturated carbocycles. The fraction of sp³-hybridized carbons (Fsp3) is 0.636. The summed E-state index contributed by atoms with van der Waals surface area (Å²) in [6.07, 6.45) is 3.16. The van der Waals surface area contributed by atoms with Gasteiger partial charge in [-0.05, 0) is 27.7 Å². The first-order chi connectivity index (χ1) is 7.26. The molecule has 0 atom stereocenters. The molecule has 0 unspecified atom stereocenters. The topological polar surface area (TPSA) is 67.3 Å². The van der Waals surface area contributed by atoms with E-state index in [1.807, 2.05) is 13.8 Å². The third-order valence-electron chi connectivity index (χ3n) is 2.82. The van der Waals surface area contributed by atoms with Gasteiger partial charge >= 0.3 is 0 Å². The number of aliphatic hydroxyl groups is 1. The standard InChI is InChI=1S/C11H19N3O2/c1-10(2,11(3,4)15)14-9-12-6-8(16-5)7-13-9/h6-7,15H,1-5H3,(H,12,13,14). The van der Waals surface area contributed by atoms with Crippen LogP contribution in [-0.2, 0) is 0 Å². The normalized spacial score (nSPS) is 12.4. The molecule has 1 heterocycles. The molecule has 1 aromatic rings. The quantitative estimate of drug-likeness (QED) is 0.811. The average Bonchev–Trinajstić information content (AvgIpc) is 2.16. The summed E-state index contributed by atoms with van der Waals surface area (Å²) in [6.45, 7) is 7.26. The van der Waals surface area contributed by atoms with Crippen LogP contribution in [0.3, 0.4) is 0 Å². The Morgan fingerprint density at radius 1 is 1.19 bits per heavy atom. The fourth-order valence-corrected chi connectivity index (χ4v) is 0.919. The summed E-state index contributed by atoms with van der Waals surface area (Å²) in [6, 6.07) is 0. The molecular formula is C11H19N3O2. The Balaban J connectivity index is 2.80. The summed E-state index contributed by atoms with van der Waals surface area (Å²) in [5.74, 6) is 1.07. The van der Waals surface area contributed by atoms with E-state index in [-0.39, 0.29) is 0 Å². The zero-order chi connectivity index (χ0) is 12.4. The van der Waals surface area contributed by atoms with E-state index in [4.69, 9.17) is 4.74 Å². The Labute approximate surface area is 95.9 Å². The first-order valence-corrected chi connectivity index (χ1v) is 5.13. The molecule has 0 aliphatic heterocycles. The summed E-state index contributed by atoms with van der Waals surface area (Å²) in [4.78, 5) is 8.18. The lowest BCUT2D eigenvalue weighted by Crippen LogP contribution is -2.51. The molecule has 1 aromatic heterocycles. The minimum Gasteiger partial charge on any atom is -0.494 e. The Hall–Kier alpha value is -1.36. The lowest BCUT2D eigenvalue weighted by molar-refractivity contribution is 0.0237. The minimum absolute atomic E-state index is 0.466. The maximum absolute atomic E-state index is 9.96. The first-order valence-electron chi connectivity index (χ1n) is 5.13. The first kappa shape index (κ1) is 12.7. The van der Waals surface area contributed by atoms with Crippen LogP contribution in [0, 0.1) is 0 Å². The Morgan fingerprint density at radius 2 is 1.69 bits per heavy atom. The van der Waals surface area contributed by atoms with Crippen molar-refractivity contribution in [3.8, 4) is 5.75 Å². The Morgan fingerprint density at radius 3 is 2.06 bits per heavy atom. The van der Waals surface area contributed by atoms with Gasteiger partial charge in [-0.15, -0.1) is 0 Å². The molecule has 0 amide bonds. The van der Waals surface area contributed by atoms with Crippen molar-refractivity contribution < 1.29 is 9.84 Å². The van der Waals surface area contributed by atoms with Gasteiger partial charge in [0.25, 0.3) is 0 Å². The molecule has 0 aliphatic rings. The van der Waals surface area contributed by atoms with Crippen LogP contribution in [0.15, 0.2) is 12.4 Å². The molecule has 90 valence electrons. The van der Waals surface area contributed by atoms with Gasteiger partial charge in [0.15, 0.2) is 5.75 Å². The molecular weight excluding hydrogens is 206 g/mol. The van der Waals surface area contributed by atoms with Gasteiger partial charge in [-0.1, -0.05) is 0 Å². The molecule has 5 heteroatoms. The lowest BCUT2D eigenvalue weighted by atomic mass is 9.86. The van der Waals surface area contributed by atoms with E-state index < -0.39 is 11.1 Å². The number of methoxy groups -OCH3 is 1. The van der Waals surface area contributed by atoms with Crippen molar-refractivity contribution in [2.24, 2.45) is 0 Å². The van der Waals surface area contributed by atoms with Gasteiger partial charge < -0.3 is 15.2 Å². The molecule has 0 aromatic carbocycles. The number of rotatable bonds is 4. The largest absolute Gasteiger partial charge is 0.494 e. The molecule has 0 aliphatic carbocycles. The van der Waals surface area contributed by atoms with Gasteiger partial charge in [-0.3, -0.25) is 0 Å². The van der Waals surface area contributed by atoms with Crippen LogP contribution in [0.1, 0.15) is 27.7 Å². The third-order valence-corrected chi connectivity index (χ3v) is 2.82. The monoisotopic (exact) mass is 225 g/mol. The van der Waals surface area contributed by atoms with Crippen LogP contribution in [0.4, 0.5) is 5.95 Å². The average molecular weight is 225 g/mol. The number of aromatic nitrogens is 2. The zero-order valence-corrected chi connectivity index (χ0v) is 10.4. The maximum atomic E-state index is 9.96. The Kier molecular flexibility index (Phi) is 3.38. The molecule has 0 fully saturated rings. The molecule has 5 nitrogen and oxygen atoms in total.